The van der Waals surface area contributed by atoms with Crippen molar-refractivity contribution in [1.29, 1.82) is 0 Å². The number of aromatic nitrogens is 1. The number of urea groups is 1. The molecular weight excluding hydrogens is 444 g/mol. The topological polar surface area (TPSA) is 110 Å². The van der Waals surface area contributed by atoms with Crippen molar-refractivity contribution in [3.05, 3.63) is 58.4 Å². The molecule has 2 aliphatic heterocycles. The number of imide groups is 1. The van der Waals surface area contributed by atoms with Crippen molar-refractivity contribution >= 4 is 34.9 Å². The molecule has 0 unspecified atom stereocenters. The Balaban J connectivity index is 1.30. The number of aryl methyl sites for hydroxylation is 1. The molecule has 9 nitrogen and oxygen atoms in total. The van der Waals surface area contributed by atoms with E-state index in [9.17, 15) is 14.4 Å². The maximum Gasteiger partial charge on any atom is 0.325 e. The van der Waals surface area contributed by atoms with E-state index in [1.807, 2.05) is 24.4 Å². The summed E-state index contributed by atoms with van der Waals surface area (Å²) in [5, 5.41) is 8.34. The highest BCUT2D eigenvalue weighted by molar-refractivity contribution is 7.09. The number of ether oxygens (including phenoxy) is 2. The predicted octanol–water partition coefficient (Wildman–Crippen LogP) is 3.25. The molecule has 1 atom stereocenters. The summed E-state index contributed by atoms with van der Waals surface area (Å²) >= 11 is 1.54. The first-order valence-electron chi connectivity index (χ1n) is 10.2. The highest BCUT2D eigenvalue weighted by Gasteiger charge is 2.49. The predicted molar refractivity (Wildman–Crippen MR) is 121 cm³/mol. The monoisotopic (exact) mass is 464 g/mol. The maximum atomic E-state index is 13.2. The molecular formula is C23H20N4O5S. The fourth-order valence-electron chi connectivity index (χ4n) is 3.84. The number of anilines is 1. The minimum atomic E-state index is -1.32. The number of nitrogens with one attached hydrogen (secondary N) is 2. The molecule has 5 rings (SSSR count). The van der Waals surface area contributed by atoms with Gasteiger partial charge in [0.25, 0.3) is 5.91 Å². The summed E-state index contributed by atoms with van der Waals surface area (Å²) in [6.07, 6.45) is 0. The molecule has 0 spiro atoms. The van der Waals surface area contributed by atoms with E-state index in [0.29, 0.717) is 22.7 Å². The Morgan fingerprint density at radius 2 is 2.03 bits per heavy atom. The number of fused-ring (bicyclic) bond motifs is 1. The molecule has 3 heterocycles. The van der Waals surface area contributed by atoms with Crippen LogP contribution in [0.5, 0.6) is 11.5 Å². The van der Waals surface area contributed by atoms with Crippen molar-refractivity contribution in [3.8, 4) is 22.8 Å². The van der Waals surface area contributed by atoms with Crippen LogP contribution in [0.3, 0.4) is 0 Å². The molecule has 168 valence electrons. The second-order valence-corrected chi connectivity index (χ2v) is 8.96. The summed E-state index contributed by atoms with van der Waals surface area (Å²) in [7, 11) is 0. The van der Waals surface area contributed by atoms with Crippen molar-refractivity contribution in [2.75, 3.05) is 18.7 Å². The smallest absolute Gasteiger partial charge is 0.325 e. The lowest BCUT2D eigenvalue weighted by molar-refractivity contribution is -0.133. The summed E-state index contributed by atoms with van der Waals surface area (Å²) in [5.41, 5.74) is 1.46. The van der Waals surface area contributed by atoms with E-state index in [0.717, 1.165) is 21.2 Å². The van der Waals surface area contributed by atoms with Gasteiger partial charge in [-0.2, -0.15) is 0 Å². The van der Waals surface area contributed by atoms with Crippen LogP contribution in [0.25, 0.3) is 11.3 Å². The first kappa shape index (κ1) is 21.0. The minimum absolute atomic E-state index is 0.103. The Morgan fingerprint density at radius 3 is 2.82 bits per heavy atom. The molecule has 33 heavy (non-hydrogen) atoms. The zero-order chi connectivity index (χ0) is 23.2. The number of carbonyl (C=O) groups excluding carboxylic acids is 3. The van der Waals surface area contributed by atoms with Crippen LogP contribution in [0.4, 0.5) is 10.5 Å². The Morgan fingerprint density at radius 1 is 1.21 bits per heavy atom. The van der Waals surface area contributed by atoms with E-state index in [2.05, 4.69) is 15.6 Å². The van der Waals surface area contributed by atoms with E-state index in [1.165, 1.54) is 0 Å². The molecule has 0 bridgehead atoms. The molecule has 2 N–H and O–H groups in total. The largest absolute Gasteiger partial charge is 0.454 e. The van der Waals surface area contributed by atoms with Gasteiger partial charge >= 0.3 is 6.03 Å². The number of nitrogens with zero attached hydrogens (tertiary/aromatic N) is 2. The van der Waals surface area contributed by atoms with Crippen molar-refractivity contribution < 1.29 is 23.9 Å². The summed E-state index contributed by atoms with van der Waals surface area (Å²) in [4.78, 5) is 43.8. The third-order valence-corrected chi connectivity index (χ3v) is 6.36. The van der Waals surface area contributed by atoms with Crippen LogP contribution in [0.2, 0.25) is 0 Å². The molecule has 0 aliphatic carbocycles. The Kier molecular flexibility index (Phi) is 5.01. The van der Waals surface area contributed by atoms with E-state index in [-0.39, 0.29) is 6.79 Å². The van der Waals surface area contributed by atoms with Gasteiger partial charge in [0.15, 0.2) is 11.5 Å². The van der Waals surface area contributed by atoms with Crippen LogP contribution in [-0.4, -0.2) is 41.1 Å². The van der Waals surface area contributed by atoms with E-state index in [1.54, 1.807) is 48.6 Å². The number of hydrogen-bond donors (Lipinski definition) is 2. The van der Waals surface area contributed by atoms with Gasteiger partial charge in [0.1, 0.15) is 12.1 Å². The summed E-state index contributed by atoms with van der Waals surface area (Å²) in [6.45, 7) is 3.22. The van der Waals surface area contributed by atoms with E-state index >= 15 is 0 Å². The molecule has 4 amide bonds. The average molecular weight is 465 g/mol. The number of benzene rings is 2. The Bertz CT molecular complexity index is 1290. The van der Waals surface area contributed by atoms with Gasteiger partial charge < -0.3 is 20.1 Å². The van der Waals surface area contributed by atoms with Crippen LogP contribution in [-0.2, 0) is 15.1 Å². The zero-order valence-corrected chi connectivity index (χ0v) is 18.7. The van der Waals surface area contributed by atoms with Gasteiger partial charge in [-0.1, -0.05) is 18.2 Å². The van der Waals surface area contributed by atoms with Gasteiger partial charge in [-0.05, 0) is 43.7 Å². The average Bonchev–Trinajstić information content (AvgIpc) is 3.49. The van der Waals surface area contributed by atoms with Gasteiger partial charge in [0, 0.05) is 16.6 Å². The second-order valence-electron chi connectivity index (χ2n) is 7.90. The number of rotatable bonds is 5. The summed E-state index contributed by atoms with van der Waals surface area (Å²) in [6, 6.07) is 11.7. The summed E-state index contributed by atoms with van der Waals surface area (Å²) < 4.78 is 10.7. The lowest BCUT2D eigenvalue weighted by Crippen LogP contribution is -2.42. The number of hydrogen-bond acceptors (Lipinski definition) is 7. The van der Waals surface area contributed by atoms with Crippen LogP contribution in [0, 0.1) is 6.92 Å². The van der Waals surface area contributed by atoms with Crippen LogP contribution in [0.1, 0.15) is 17.5 Å². The normalized spacial score (nSPS) is 19.0. The molecule has 1 fully saturated rings. The van der Waals surface area contributed by atoms with Crippen molar-refractivity contribution in [3.63, 3.8) is 0 Å². The van der Waals surface area contributed by atoms with Crippen LogP contribution in [0.15, 0.2) is 47.8 Å². The molecule has 3 aromatic rings. The molecule has 2 aliphatic rings. The zero-order valence-electron chi connectivity index (χ0n) is 17.9. The molecule has 0 radical (unpaired) electrons. The lowest BCUT2D eigenvalue weighted by atomic mass is 9.91. The van der Waals surface area contributed by atoms with Crippen molar-refractivity contribution in [2.45, 2.75) is 19.4 Å². The van der Waals surface area contributed by atoms with Gasteiger partial charge in [-0.3, -0.25) is 14.5 Å². The number of amides is 4. The van der Waals surface area contributed by atoms with Crippen molar-refractivity contribution in [1.82, 2.24) is 15.2 Å². The Labute approximate surface area is 193 Å². The molecule has 10 heteroatoms. The third-order valence-electron chi connectivity index (χ3n) is 5.59. The standard InChI is InChI=1S/C23H20N4O5S/c1-13-24-17(11-33-13)14-4-3-5-16(8-14)25-20(28)10-27-21(29)23(2,26-22(27)30)15-6-7-18-19(9-15)32-12-31-18/h3-9,11H,10,12H2,1-2H3,(H,25,28)(H,26,30)/t23-/m0/s1. The number of thiazole rings is 1. The molecule has 1 aromatic heterocycles. The Hall–Kier alpha value is -3.92. The van der Waals surface area contributed by atoms with E-state index < -0.39 is 29.9 Å². The van der Waals surface area contributed by atoms with Gasteiger partial charge in [-0.25, -0.2) is 9.78 Å². The van der Waals surface area contributed by atoms with Crippen LogP contribution >= 0.6 is 11.3 Å². The number of carbonyl (C=O) groups is 3. The van der Waals surface area contributed by atoms with Gasteiger partial charge in [0.05, 0.1) is 10.7 Å². The minimum Gasteiger partial charge on any atom is -0.454 e. The quantitative estimate of drug-likeness (QED) is 0.561. The fraction of sp³-hybridized carbons (Fsp3) is 0.217. The fourth-order valence-corrected chi connectivity index (χ4v) is 4.46. The SMILES string of the molecule is Cc1nc(-c2cccc(NC(=O)CN3C(=O)N[C@@](C)(c4ccc5c(c4)OCO5)C3=O)c2)cs1. The van der Waals surface area contributed by atoms with E-state index in [4.69, 9.17) is 9.47 Å². The first-order chi connectivity index (χ1) is 15.8. The summed E-state index contributed by atoms with van der Waals surface area (Å²) in [5.74, 6) is 0.0702. The van der Waals surface area contributed by atoms with Gasteiger partial charge in [-0.15, -0.1) is 11.3 Å². The van der Waals surface area contributed by atoms with Crippen molar-refractivity contribution in [2.24, 2.45) is 0 Å². The lowest BCUT2D eigenvalue weighted by Gasteiger charge is -2.22. The molecule has 2 aromatic carbocycles. The first-order valence-corrected chi connectivity index (χ1v) is 11.1. The van der Waals surface area contributed by atoms with Gasteiger partial charge in [0.2, 0.25) is 12.7 Å². The third kappa shape index (κ3) is 3.78. The van der Waals surface area contributed by atoms with Crippen LogP contribution < -0.4 is 20.1 Å². The maximum absolute atomic E-state index is 13.2. The molecule has 1 saturated heterocycles. The molecule has 0 saturated carbocycles. The highest BCUT2D eigenvalue weighted by Crippen LogP contribution is 2.37. The second kappa shape index (κ2) is 7.89. The highest BCUT2D eigenvalue weighted by atomic mass is 32.1.